The Morgan fingerprint density at radius 2 is 2.21 bits per heavy atom. The van der Waals surface area contributed by atoms with E-state index in [-0.39, 0.29) is 18.3 Å². The molecular weight excluding hydrogens is 368 g/mol. The monoisotopic (exact) mass is 394 g/mol. The molecule has 1 fully saturated rings. The number of ether oxygens (including phenoxy) is 3. The lowest BCUT2D eigenvalue weighted by atomic mass is 9.91. The minimum atomic E-state index is 0.0355. The second-order valence-electron chi connectivity index (χ2n) is 7.61. The van der Waals surface area contributed by atoms with Crippen LogP contribution in [0.3, 0.4) is 0 Å². The smallest absolute Gasteiger partial charge is 0.251 e. The Hall–Kier alpha value is -2.62. The number of rotatable bonds is 6. The van der Waals surface area contributed by atoms with Crippen molar-refractivity contribution in [2.24, 2.45) is 0 Å². The molecule has 3 heterocycles. The quantitative estimate of drug-likeness (QED) is 0.753. The van der Waals surface area contributed by atoms with Crippen LogP contribution < -0.4 is 10.3 Å². The van der Waals surface area contributed by atoms with Crippen LogP contribution >= 0.6 is 0 Å². The van der Waals surface area contributed by atoms with E-state index < -0.39 is 0 Å². The molecule has 0 amide bonds. The average Bonchev–Trinajstić information content (AvgIpc) is 2.75. The number of aromatic nitrogens is 1. The fourth-order valence-corrected chi connectivity index (χ4v) is 4.30. The lowest BCUT2D eigenvalue weighted by molar-refractivity contribution is -0.0910. The number of benzene rings is 1. The second kappa shape index (κ2) is 8.81. The Morgan fingerprint density at radius 1 is 1.31 bits per heavy atom. The fourth-order valence-electron chi connectivity index (χ4n) is 4.30. The van der Waals surface area contributed by atoms with Crippen LogP contribution in [0.5, 0.6) is 5.75 Å². The van der Waals surface area contributed by atoms with Crippen molar-refractivity contribution in [3.05, 3.63) is 51.3 Å². The van der Waals surface area contributed by atoms with Crippen LogP contribution in [0.1, 0.15) is 29.5 Å². The Kier molecular flexibility index (Phi) is 5.98. The molecule has 2 aromatic rings. The second-order valence-corrected chi connectivity index (χ2v) is 7.61. The summed E-state index contributed by atoms with van der Waals surface area (Å²) < 4.78 is 18.5. The van der Waals surface area contributed by atoms with Crippen molar-refractivity contribution in [2.75, 3.05) is 26.4 Å². The summed E-state index contributed by atoms with van der Waals surface area (Å²) in [6, 6.07) is 9.67. The fraction of sp³-hybridized carbons (Fsp3) is 0.478. The van der Waals surface area contributed by atoms with Gasteiger partial charge < -0.3 is 18.8 Å². The first-order valence-electron chi connectivity index (χ1n) is 10.2. The first-order valence-corrected chi connectivity index (χ1v) is 10.2. The van der Waals surface area contributed by atoms with Crippen LogP contribution in [0.25, 0.3) is 11.3 Å². The van der Waals surface area contributed by atoms with Gasteiger partial charge in [0.2, 0.25) is 0 Å². The summed E-state index contributed by atoms with van der Waals surface area (Å²) in [6.45, 7) is 4.82. The maximum Gasteiger partial charge on any atom is 0.251 e. The normalized spacial score (nSPS) is 17.9. The molecule has 1 atom stereocenters. The lowest BCUT2D eigenvalue weighted by Crippen LogP contribution is -2.29. The molecule has 0 spiro atoms. The Labute approximate surface area is 170 Å². The molecule has 1 aromatic carbocycles. The topological polar surface area (TPSA) is 73.5 Å². The highest BCUT2D eigenvalue weighted by Crippen LogP contribution is 2.34. The van der Waals surface area contributed by atoms with Gasteiger partial charge in [0.1, 0.15) is 11.8 Å². The number of nitrogens with zero attached hydrogens (tertiary/aromatic N) is 2. The molecule has 29 heavy (non-hydrogen) atoms. The zero-order valence-electron chi connectivity index (χ0n) is 16.8. The number of hydrogen-bond donors (Lipinski definition) is 0. The summed E-state index contributed by atoms with van der Waals surface area (Å²) >= 11 is 0. The zero-order chi connectivity index (χ0) is 20.2. The summed E-state index contributed by atoms with van der Waals surface area (Å²) in [6.07, 6.45) is 3.70. The standard InChI is InChI=1S/C23H26N2O4/c1-16-17(3-2-4-20-15-27-11-12-29-20)14-22(26)25-9-7-18-13-19(28-10-8-24)5-6-21(18)23(16)25/h5-6,13-14,20H,2-4,7,9-12,15H2,1H3/t20-/m1/s1. The molecule has 1 saturated heterocycles. The van der Waals surface area contributed by atoms with Crippen LogP contribution in [0.15, 0.2) is 29.1 Å². The van der Waals surface area contributed by atoms with E-state index in [9.17, 15) is 4.79 Å². The Balaban J connectivity index is 1.57. The van der Waals surface area contributed by atoms with Gasteiger partial charge in [0.15, 0.2) is 6.61 Å². The first kappa shape index (κ1) is 19.7. The van der Waals surface area contributed by atoms with E-state index in [0.29, 0.717) is 32.1 Å². The molecule has 2 aliphatic heterocycles. The van der Waals surface area contributed by atoms with Crippen molar-refractivity contribution in [2.45, 2.75) is 45.3 Å². The first-order chi connectivity index (χ1) is 14.2. The summed E-state index contributed by atoms with van der Waals surface area (Å²) in [7, 11) is 0. The van der Waals surface area contributed by atoms with E-state index in [4.69, 9.17) is 19.5 Å². The molecule has 2 aliphatic rings. The Bertz CT molecular complexity index is 984. The highest BCUT2D eigenvalue weighted by Gasteiger charge is 2.22. The van der Waals surface area contributed by atoms with Crippen molar-refractivity contribution in [1.82, 2.24) is 4.57 Å². The summed E-state index contributed by atoms with van der Waals surface area (Å²) in [5, 5.41) is 8.72. The molecule has 0 saturated carbocycles. The minimum absolute atomic E-state index is 0.0355. The van der Waals surface area contributed by atoms with Gasteiger partial charge in [-0.25, -0.2) is 0 Å². The molecule has 4 rings (SSSR count). The van der Waals surface area contributed by atoms with Crippen LogP contribution in [0, 0.1) is 18.3 Å². The molecule has 1 aromatic heterocycles. The van der Waals surface area contributed by atoms with Gasteiger partial charge in [-0.2, -0.15) is 5.26 Å². The molecule has 0 radical (unpaired) electrons. The predicted molar refractivity (Wildman–Crippen MR) is 109 cm³/mol. The molecule has 0 unspecified atom stereocenters. The molecule has 6 heteroatoms. The molecule has 0 bridgehead atoms. The van der Waals surface area contributed by atoms with E-state index in [2.05, 4.69) is 6.92 Å². The number of hydrogen-bond acceptors (Lipinski definition) is 5. The van der Waals surface area contributed by atoms with Gasteiger partial charge in [0.25, 0.3) is 5.56 Å². The largest absolute Gasteiger partial charge is 0.479 e. The summed E-state index contributed by atoms with van der Waals surface area (Å²) in [5.41, 5.74) is 5.59. The zero-order valence-corrected chi connectivity index (χ0v) is 16.8. The third-order valence-electron chi connectivity index (χ3n) is 5.77. The predicted octanol–water partition coefficient (Wildman–Crippen LogP) is 3.02. The van der Waals surface area contributed by atoms with Gasteiger partial charge in [0.05, 0.1) is 31.6 Å². The van der Waals surface area contributed by atoms with Crippen molar-refractivity contribution in [3.8, 4) is 23.1 Å². The third kappa shape index (κ3) is 4.21. The maximum absolute atomic E-state index is 12.8. The SMILES string of the molecule is Cc1c(CCC[C@@H]2COCCO2)cc(=O)n2c1-c1ccc(OCC#N)cc1CC2. The molecule has 0 aliphatic carbocycles. The van der Waals surface area contributed by atoms with Gasteiger partial charge in [-0.05, 0) is 67.5 Å². The number of pyridine rings is 1. The van der Waals surface area contributed by atoms with Gasteiger partial charge >= 0.3 is 0 Å². The van der Waals surface area contributed by atoms with E-state index in [1.807, 2.05) is 28.8 Å². The van der Waals surface area contributed by atoms with Crippen molar-refractivity contribution in [1.29, 1.82) is 5.26 Å². The van der Waals surface area contributed by atoms with Crippen molar-refractivity contribution >= 4 is 0 Å². The van der Waals surface area contributed by atoms with Gasteiger partial charge in [-0.1, -0.05) is 0 Å². The highest BCUT2D eigenvalue weighted by molar-refractivity contribution is 5.71. The highest BCUT2D eigenvalue weighted by atomic mass is 16.6. The summed E-state index contributed by atoms with van der Waals surface area (Å²) in [4.78, 5) is 12.8. The minimum Gasteiger partial charge on any atom is -0.479 e. The maximum atomic E-state index is 12.8. The van der Waals surface area contributed by atoms with Gasteiger partial charge in [-0.15, -0.1) is 0 Å². The number of nitriles is 1. The van der Waals surface area contributed by atoms with Crippen LogP contribution in [0.4, 0.5) is 0 Å². The molecule has 6 nitrogen and oxygen atoms in total. The van der Waals surface area contributed by atoms with Crippen molar-refractivity contribution < 1.29 is 14.2 Å². The average molecular weight is 394 g/mol. The van der Waals surface area contributed by atoms with E-state index in [1.54, 1.807) is 6.07 Å². The molecule has 152 valence electrons. The van der Waals surface area contributed by atoms with Gasteiger partial charge in [-0.3, -0.25) is 4.79 Å². The van der Waals surface area contributed by atoms with Crippen molar-refractivity contribution in [3.63, 3.8) is 0 Å². The van der Waals surface area contributed by atoms with Crippen LogP contribution in [0.2, 0.25) is 0 Å². The molecular formula is C23H26N2O4. The molecule has 0 N–H and O–H groups in total. The van der Waals surface area contributed by atoms with Crippen LogP contribution in [-0.2, 0) is 28.9 Å². The lowest BCUT2D eigenvalue weighted by Gasteiger charge is -2.26. The number of fused-ring (bicyclic) bond motifs is 3. The van der Waals surface area contributed by atoms with E-state index >= 15 is 0 Å². The van der Waals surface area contributed by atoms with Crippen LogP contribution in [-0.4, -0.2) is 37.1 Å². The summed E-state index contributed by atoms with van der Waals surface area (Å²) in [5.74, 6) is 0.699. The third-order valence-corrected chi connectivity index (χ3v) is 5.77. The number of aryl methyl sites for hydroxylation is 2. The van der Waals surface area contributed by atoms with E-state index in [1.165, 1.54) is 0 Å². The Morgan fingerprint density at radius 3 is 3.00 bits per heavy atom. The van der Waals surface area contributed by atoms with E-state index in [0.717, 1.165) is 53.6 Å². The van der Waals surface area contributed by atoms with Gasteiger partial charge in [0, 0.05) is 18.2 Å².